The first-order valence-corrected chi connectivity index (χ1v) is 10.3. The van der Waals surface area contributed by atoms with Crippen LogP contribution in [-0.2, 0) is 4.79 Å². The van der Waals surface area contributed by atoms with Crippen LogP contribution in [0.1, 0.15) is 0 Å². The van der Waals surface area contributed by atoms with Crippen LogP contribution >= 0.6 is 0 Å². The maximum atomic E-state index is 14.5. The number of ether oxygens (including phenoxy) is 2. The Morgan fingerprint density at radius 2 is 1.71 bits per heavy atom. The van der Waals surface area contributed by atoms with Crippen LogP contribution in [0.3, 0.4) is 0 Å². The van der Waals surface area contributed by atoms with E-state index in [0.717, 1.165) is 6.07 Å². The van der Waals surface area contributed by atoms with Gasteiger partial charge in [0, 0.05) is 11.8 Å². The highest BCUT2D eigenvalue weighted by molar-refractivity contribution is 6.06. The first kappa shape index (κ1) is 22.9. The van der Waals surface area contributed by atoms with Crippen molar-refractivity contribution < 1.29 is 18.7 Å². The summed E-state index contributed by atoms with van der Waals surface area (Å²) in [6.07, 6.45) is 1.20. The van der Waals surface area contributed by atoms with Gasteiger partial charge in [0.05, 0.1) is 5.56 Å². The maximum Gasteiger partial charge on any atom is 0.265 e. The molecule has 0 atom stereocenters. The van der Waals surface area contributed by atoms with Crippen molar-refractivity contribution in [3.63, 3.8) is 0 Å². The van der Waals surface area contributed by atoms with Gasteiger partial charge in [0.2, 0.25) is 5.88 Å². The zero-order valence-electron chi connectivity index (χ0n) is 18.2. The molecule has 1 amide bonds. The van der Waals surface area contributed by atoms with E-state index in [0.29, 0.717) is 22.6 Å². The molecule has 3 aromatic carbocycles. The number of amides is 1. The lowest BCUT2D eigenvalue weighted by Gasteiger charge is -2.14. The van der Waals surface area contributed by atoms with Gasteiger partial charge in [-0.25, -0.2) is 14.4 Å². The Balaban J connectivity index is 1.61. The Morgan fingerprint density at radius 1 is 1.00 bits per heavy atom. The third-order valence-electron chi connectivity index (χ3n) is 4.77. The molecule has 3 N–H and O–H groups in total. The molecule has 0 bridgehead atoms. The number of aromatic nitrogens is 2. The summed E-state index contributed by atoms with van der Waals surface area (Å²) < 4.78 is 26.1. The number of rotatable bonds is 7. The molecule has 0 saturated carbocycles. The number of hydrogen-bond acceptors (Lipinski definition) is 7. The molecule has 172 valence electrons. The average Bonchev–Trinajstić information content (AvgIpc) is 2.87. The summed E-state index contributed by atoms with van der Waals surface area (Å²) >= 11 is 0. The Bertz CT molecular complexity index is 1430. The number of benzene rings is 3. The normalized spacial score (nSPS) is 10.2. The summed E-state index contributed by atoms with van der Waals surface area (Å²) in [5.74, 6) is -0.195. The molecule has 4 rings (SSSR count). The second kappa shape index (κ2) is 10.1. The van der Waals surface area contributed by atoms with Gasteiger partial charge in [0.25, 0.3) is 5.91 Å². The summed E-state index contributed by atoms with van der Waals surface area (Å²) in [6.45, 7) is 3.34. The highest BCUT2D eigenvalue weighted by atomic mass is 19.1. The molecule has 1 aromatic heterocycles. The molecule has 0 aliphatic carbocycles. The second-order valence-electron chi connectivity index (χ2n) is 7.17. The zero-order chi connectivity index (χ0) is 24.8. The van der Waals surface area contributed by atoms with Gasteiger partial charge in [-0.15, -0.1) is 0 Å². The predicted molar refractivity (Wildman–Crippen MR) is 128 cm³/mol. The van der Waals surface area contributed by atoms with E-state index in [1.807, 2.05) is 30.3 Å². The van der Waals surface area contributed by atoms with Gasteiger partial charge in [0.1, 0.15) is 35.3 Å². The van der Waals surface area contributed by atoms with E-state index in [2.05, 4.69) is 21.9 Å². The van der Waals surface area contributed by atoms with Gasteiger partial charge < -0.3 is 20.5 Å². The minimum Gasteiger partial charge on any atom is -0.457 e. The Morgan fingerprint density at radius 3 is 2.43 bits per heavy atom. The summed E-state index contributed by atoms with van der Waals surface area (Å²) in [6, 6.07) is 21.6. The van der Waals surface area contributed by atoms with Gasteiger partial charge >= 0.3 is 0 Å². The number of nitrogens with two attached hydrogens (primary N) is 1. The monoisotopic (exact) mass is 467 g/mol. The van der Waals surface area contributed by atoms with E-state index in [1.54, 1.807) is 30.3 Å². The van der Waals surface area contributed by atoms with E-state index in [9.17, 15) is 9.18 Å². The minimum absolute atomic E-state index is 0.0121. The van der Waals surface area contributed by atoms with Crippen molar-refractivity contribution in [2.45, 2.75) is 0 Å². The third-order valence-corrected chi connectivity index (χ3v) is 4.77. The fraction of sp³-hybridized carbons (Fsp3) is 0. The van der Waals surface area contributed by atoms with Gasteiger partial charge in [-0.2, -0.15) is 5.26 Å². The smallest absolute Gasteiger partial charge is 0.265 e. The number of carbonyl (C=O) groups is 1. The van der Waals surface area contributed by atoms with Crippen LogP contribution in [0.4, 0.5) is 15.9 Å². The molecule has 8 nitrogen and oxygen atoms in total. The SMILES string of the molecule is C=C(C#N)C(=O)Nc1ccc(F)c(Oc2ncnc(N)c2-c2ccc(Oc3ccccc3)cc2)c1. The number of anilines is 2. The van der Waals surface area contributed by atoms with E-state index in [-0.39, 0.29) is 28.7 Å². The first-order chi connectivity index (χ1) is 16.9. The van der Waals surface area contributed by atoms with Crippen LogP contribution in [0, 0.1) is 17.1 Å². The van der Waals surface area contributed by atoms with Crippen LogP contribution in [0.25, 0.3) is 11.1 Å². The van der Waals surface area contributed by atoms with Crippen molar-refractivity contribution in [2.75, 3.05) is 11.1 Å². The topological polar surface area (TPSA) is 123 Å². The van der Waals surface area contributed by atoms with Gasteiger partial charge in [-0.05, 0) is 42.0 Å². The molecule has 0 aliphatic rings. The van der Waals surface area contributed by atoms with E-state index in [4.69, 9.17) is 20.5 Å². The van der Waals surface area contributed by atoms with Crippen LogP contribution in [-0.4, -0.2) is 15.9 Å². The first-order valence-electron chi connectivity index (χ1n) is 10.3. The summed E-state index contributed by atoms with van der Waals surface area (Å²) in [7, 11) is 0. The fourth-order valence-corrected chi connectivity index (χ4v) is 3.07. The standard InChI is InChI=1S/C26H18FN5O3/c1-16(14-28)25(33)32-18-9-12-21(27)22(13-18)35-26-23(24(29)30-15-31-26)17-7-10-20(11-8-17)34-19-5-3-2-4-6-19/h2-13,15H,1H2,(H,32,33)(H2,29,30,31). The molecule has 9 heteroatoms. The Labute approximate surface area is 200 Å². The van der Waals surface area contributed by atoms with Gasteiger partial charge in [0.15, 0.2) is 11.6 Å². The van der Waals surface area contributed by atoms with Crippen LogP contribution in [0.2, 0.25) is 0 Å². The van der Waals surface area contributed by atoms with Gasteiger partial charge in [-0.3, -0.25) is 4.79 Å². The van der Waals surface area contributed by atoms with Crippen molar-refractivity contribution in [3.05, 3.63) is 97.1 Å². The van der Waals surface area contributed by atoms with Crippen LogP contribution < -0.4 is 20.5 Å². The number of halogens is 1. The molecule has 0 fully saturated rings. The Hall–Kier alpha value is -5.23. The second-order valence-corrected chi connectivity index (χ2v) is 7.17. The number of nitrogens with one attached hydrogen (secondary N) is 1. The molecule has 0 aliphatic heterocycles. The largest absolute Gasteiger partial charge is 0.457 e. The number of carbonyl (C=O) groups excluding carboxylic acids is 1. The highest BCUT2D eigenvalue weighted by Gasteiger charge is 2.17. The molecular formula is C26H18FN5O3. The quantitative estimate of drug-likeness (QED) is 0.273. The lowest BCUT2D eigenvalue weighted by molar-refractivity contribution is -0.112. The zero-order valence-corrected chi connectivity index (χ0v) is 18.2. The van der Waals surface area contributed by atoms with Crippen molar-refractivity contribution in [3.8, 4) is 40.3 Å². The summed E-state index contributed by atoms with van der Waals surface area (Å²) in [5.41, 5.74) is 6.98. The number of para-hydroxylation sites is 1. The molecule has 0 radical (unpaired) electrons. The predicted octanol–water partition coefficient (Wildman–Crippen LogP) is 5.47. The van der Waals surface area contributed by atoms with E-state index < -0.39 is 11.7 Å². The summed E-state index contributed by atoms with van der Waals surface area (Å²) in [5, 5.41) is 11.3. The molecule has 0 spiro atoms. The molecular weight excluding hydrogens is 449 g/mol. The molecule has 35 heavy (non-hydrogen) atoms. The number of nitrogens with zero attached hydrogens (tertiary/aromatic N) is 3. The van der Waals surface area contributed by atoms with Crippen molar-refractivity contribution in [1.82, 2.24) is 9.97 Å². The lowest BCUT2D eigenvalue weighted by atomic mass is 10.1. The number of nitrogen functional groups attached to an aromatic ring is 1. The highest BCUT2D eigenvalue weighted by Crippen LogP contribution is 2.37. The maximum absolute atomic E-state index is 14.5. The number of hydrogen-bond donors (Lipinski definition) is 2. The molecule has 0 saturated heterocycles. The van der Waals surface area contributed by atoms with Crippen LogP contribution in [0.5, 0.6) is 23.1 Å². The molecule has 4 aromatic rings. The number of nitriles is 1. The summed E-state index contributed by atoms with van der Waals surface area (Å²) in [4.78, 5) is 20.0. The average molecular weight is 467 g/mol. The minimum atomic E-state index is -0.713. The third kappa shape index (κ3) is 5.40. The van der Waals surface area contributed by atoms with Crippen molar-refractivity contribution >= 4 is 17.4 Å². The Kier molecular flexibility index (Phi) is 6.65. The fourth-order valence-electron chi connectivity index (χ4n) is 3.07. The lowest BCUT2D eigenvalue weighted by Crippen LogP contribution is -2.12. The molecule has 1 heterocycles. The van der Waals surface area contributed by atoms with Crippen molar-refractivity contribution in [2.24, 2.45) is 0 Å². The van der Waals surface area contributed by atoms with Crippen LogP contribution in [0.15, 0.2) is 91.3 Å². The van der Waals surface area contributed by atoms with E-state index >= 15 is 0 Å². The van der Waals surface area contributed by atoms with E-state index in [1.165, 1.54) is 18.5 Å². The van der Waals surface area contributed by atoms with Crippen molar-refractivity contribution in [1.29, 1.82) is 5.26 Å². The molecule has 0 unspecified atom stereocenters. The van der Waals surface area contributed by atoms with Gasteiger partial charge in [-0.1, -0.05) is 36.9 Å².